The lowest BCUT2D eigenvalue weighted by Gasteiger charge is -2.10. The topological polar surface area (TPSA) is 91.3 Å². The fourth-order valence-electron chi connectivity index (χ4n) is 2.97. The van der Waals surface area contributed by atoms with Crippen molar-refractivity contribution >= 4 is 11.8 Å². The van der Waals surface area contributed by atoms with Crippen LogP contribution in [0.3, 0.4) is 0 Å². The van der Waals surface area contributed by atoms with Crippen LogP contribution in [-0.2, 0) is 6.54 Å². The number of benzene rings is 2. The third-order valence-electron chi connectivity index (χ3n) is 4.46. The van der Waals surface area contributed by atoms with Crippen molar-refractivity contribution < 1.29 is 14.8 Å². The van der Waals surface area contributed by atoms with Gasteiger partial charge in [-0.1, -0.05) is 35.9 Å². The standard InChI is InChI=1S/C22H21N3O3/c1-14-3-8-20(15(2)9-14)18-10-19(13-23-12-18)21(26)24-11-16-4-6-17(7-5-16)22(27)25-28/h3-10,12-13,28H,11H2,1-2H3,(H,24,26)(H,25,27). The molecule has 3 aromatic rings. The first-order chi connectivity index (χ1) is 13.5. The van der Waals surface area contributed by atoms with Gasteiger partial charge >= 0.3 is 0 Å². The number of hydroxylamine groups is 1. The predicted molar refractivity (Wildman–Crippen MR) is 106 cm³/mol. The number of hydrogen-bond acceptors (Lipinski definition) is 4. The van der Waals surface area contributed by atoms with E-state index in [2.05, 4.69) is 16.4 Å². The molecule has 1 aromatic heterocycles. The van der Waals surface area contributed by atoms with Gasteiger partial charge in [0.25, 0.3) is 11.8 Å². The predicted octanol–water partition coefficient (Wildman–Crippen LogP) is 3.41. The zero-order valence-corrected chi connectivity index (χ0v) is 15.7. The number of carbonyl (C=O) groups excluding carboxylic acids is 2. The third-order valence-corrected chi connectivity index (χ3v) is 4.46. The summed E-state index contributed by atoms with van der Waals surface area (Å²) in [5.74, 6) is -0.804. The minimum atomic E-state index is -0.579. The molecule has 0 aliphatic rings. The van der Waals surface area contributed by atoms with Gasteiger partial charge in [0.1, 0.15) is 0 Å². The van der Waals surface area contributed by atoms with Crippen molar-refractivity contribution in [2.75, 3.05) is 0 Å². The third kappa shape index (κ3) is 4.42. The molecule has 6 heteroatoms. The van der Waals surface area contributed by atoms with Gasteiger partial charge in [-0.05, 0) is 48.7 Å². The van der Waals surface area contributed by atoms with Crippen molar-refractivity contribution in [3.05, 3.63) is 88.7 Å². The molecule has 0 fully saturated rings. The summed E-state index contributed by atoms with van der Waals surface area (Å²) in [7, 11) is 0. The fraction of sp³-hybridized carbons (Fsp3) is 0.136. The summed E-state index contributed by atoms with van der Waals surface area (Å²) >= 11 is 0. The summed E-state index contributed by atoms with van der Waals surface area (Å²) in [6, 6.07) is 14.6. The number of aromatic nitrogens is 1. The van der Waals surface area contributed by atoms with Crippen LogP contribution in [0.1, 0.15) is 37.4 Å². The maximum absolute atomic E-state index is 12.5. The van der Waals surface area contributed by atoms with Crippen molar-refractivity contribution in [2.45, 2.75) is 20.4 Å². The molecular formula is C22H21N3O3. The van der Waals surface area contributed by atoms with Crippen LogP contribution in [0.25, 0.3) is 11.1 Å². The van der Waals surface area contributed by atoms with Crippen molar-refractivity contribution in [1.29, 1.82) is 0 Å². The quantitative estimate of drug-likeness (QED) is 0.471. The Kier molecular flexibility index (Phi) is 5.81. The molecule has 0 unspecified atom stereocenters. The van der Waals surface area contributed by atoms with E-state index in [1.54, 1.807) is 35.9 Å². The van der Waals surface area contributed by atoms with E-state index in [1.807, 2.05) is 32.0 Å². The van der Waals surface area contributed by atoms with E-state index in [-0.39, 0.29) is 5.91 Å². The fourth-order valence-corrected chi connectivity index (χ4v) is 2.97. The Morgan fingerprint density at radius 1 is 0.929 bits per heavy atom. The second-order valence-electron chi connectivity index (χ2n) is 6.60. The highest BCUT2D eigenvalue weighted by molar-refractivity contribution is 5.95. The zero-order valence-electron chi connectivity index (χ0n) is 15.7. The summed E-state index contributed by atoms with van der Waals surface area (Å²) in [5.41, 5.74) is 7.49. The second kappa shape index (κ2) is 8.45. The van der Waals surface area contributed by atoms with E-state index in [0.29, 0.717) is 17.7 Å². The molecule has 0 aliphatic heterocycles. The Hall–Kier alpha value is -3.51. The van der Waals surface area contributed by atoms with Crippen LogP contribution in [0, 0.1) is 13.8 Å². The lowest BCUT2D eigenvalue weighted by atomic mass is 9.99. The molecule has 0 saturated carbocycles. The maximum Gasteiger partial charge on any atom is 0.274 e. The number of amides is 2. The van der Waals surface area contributed by atoms with E-state index >= 15 is 0 Å². The minimum Gasteiger partial charge on any atom is -0.348 e. The molecule has 28 heavy (non-hydrogen) atoms. The van der Waals surface area contributed by atoms with Crippen LogP contribution in [0.15, 0.2) is 60.9 Å². The Labute approximate surface area is 163 Å². The van der Waals surface area contributed by atoms with E-state index in [0.717, 1.165) is 22.3 Å². The highest BCUT2D eigenvalue weighted by Gasteiger charge is 2.10. The van der Waals surface area contributed by atoms with Gasteiger partial charge in [0, 0.05) is 30.1 Å². The SMILES string of the molecule is Cc1ccc(-c2cncc(C(=O)NCc3ccc(C(=O)NO)cc3)c2)c(C)c1. The first kappa shape index (κ1) is 19.3. The minimum absolute atomic E-state index is 0.226. The Morgan fingerprint density at radius 2 is 1.68 bits per heavy atom. The molecule has 0 saturated heterocycles. The van der Waals surface area contributed by atoms with Gasteiger partial charge in [-0.25, -0.2) is 5.48 Å². The smallest absolute Gasteiger partial charge is 0.274 e. The number of carbonyl (C=O) groups is 2. The summed E-state index contributed by atoms with van der Waals surface area (Å²) in [6.07, 6.45) is 3.29. The molecular weight excluding hydrogens is 354 g/mol. The molecule has 3 N–H and O–H groups in total. The van der Waals surface area contributed by atoms with Crippen LogP contribution in [0.2, 0.25) is 0 Å². The molecule has 0 bridgehead atoms. The molecule has 142 valence electrons. The van der Waals surface area contributed by atoms with Gasteiger partial charge in [0.05, 0.1) is 5.56 Å². The lowest BCUT2D eigenvalue weighted by molar-refractivity contribution is 0.0706. The van der Waals surface area contributed by atoms with Gasteiger partial charge in [-0.2, -0.15) is 0 Å². The van der Waals surface area contributed by atoms with E-state index < -0.39 is 5.91 Å². The molecule has 2 aromatic carbocycles. The molecule has 6 nitrogen and oxygen atoms in total. The first-order valence-electron chi connectivity index (χ1n) is 8.82. The van der Waals surface area contributed by atoms with Gasteiger partial charge in [0.2, 0.25) is 0 Å². The number of nitrogens with zero attached hydrogens (tertiary/aromatic N) is 1. The highest BCUT2D eigenvalue weighted by Crippen LogP contribution is 2.24. The van der Waals surface area contributed by atoms with E-state index in [9.17, 15) is 9.59 Å². The summed E-state index contributed by atoms with van der Waals surface area (Å²) in [4.78, 5) is 28.1. The average Bonchev–Trinajstić information content (AvgIpc) is 2.72. The number of nitrogens with one attached hydrogen (secondary N) is 2. The van der Waals surface area contributed by atoms with Crippen molar-refractivity contribution in [2.24, 2.45) is 0 Å². The molecule has 1 heterocycles. The molecule has 0 aliphatic carbocycles. The molecule has 2 amide bonds. The summed E-state index contributed by atoms with van der Waals surface area (Å²) in [5, 5.41) is 11.5. The van der Waals surface area contributed by atoms with Gasteiger partial charge in [-0.3, -0.25) is 19.8 Å². The largest absolute Gasteiger partial charge is 0.348 e. The highest BCUT2D eigenvalue weighted by atomic mass is 16.5. The zero-order chi connectivity index (χ0) is 20.1. The summed E-state index contributed by atoms with van der Waals surface area (Å²) < 4.78 is 0. The lowest BCUT2D eigenvalue weighted by Crippen LogP contribution is -2.23. The second-order valence-corrected chi connectivity index (χ2v) is 6.60. The van der Waals surface area contributed by atoms with Gasteiger partial charge in [0.15, 0.2) is 0 Å². The number of rotatable bonds is 5. The normalized spacial score (nSPS) is 10.4. The maximum atomic E-state index is 12.5. The Morgan fingerprint density at radius 3 is 2.36 bits per heavy atom. The van der Waals surface area contributed by atoms with Crippen LogP contribution in [0.5, 0.6) is 0 Å². The number of pyridine rings is 1. The monoisotopic (exact) mass is 375 g/mol. The Balaban J connectivity index is 1.70. The molecule has 0 radical (unpaired) electrons. The van der Waals surface area contributed by atoms with Crippen LogP contribution in [0.4, 0.5) is 0 Å². The van der Waals surface area contributed by atoms with Crippen molar-refractivity contribution in [3.8, 4) is 11.1 Å². The number of hydrogen-bond donors (Lipinski definition) is 3. The van der Waals surface area contributed by atoms with Crippen molar-refractivity contribution in [3.63, 3.8) is 0 Å². The van der Waals surface area contributed by atoms with E-state index in [1.165, 1.54) is 11.8 Å². The van der Waals surface area contributed by atoms with Gasteiger partial charge in [-0.15, -0.1) is 0 Å². The van der Waals surface area contributed by atoms with Crippen LogP contribution < -0.4 is 10.8 Å². The summed E-state index contributed by atoms with van der Waals surface area (Å²) in [6.45, 7) is 4.39. The first-order valence-corrected chi connectivity index (χ1v) is 8.82. The van der Waals surface area contributed by atoms with Crippen LogP contribution >= 0.6 is 0 Å². The molecule has 3 rings (SSSR count). The molecule has 0 spiro atoms. The Bertz CT molecular complexity index is 1010. The average molecular weight is 375 g/mol. The van der Waals surface area contributed by atoms with E-state index in [4.69, 9.17) is 5.21 Å². The molecule has 0 atom stereocenters. The van der Waals surface area contributed by atoms with Gasteiger partial charge < -0.3 is 5.32 Å². The van der Waals surface area contributed by atoms with Crippen LogP contribution in [-0.4, -0.2) is 22.0 Å². The number of aryl methyl sites for hydroxylation is 2. The van der Waals surface area contributed by atoms with Crippen molar-refractivity contribution in [1.82, 2.24) is 15.8 Å².